The molecule has 0 amide bonds. The number of hydrogen-bond donors (Lipinski definition) is 4. The Morgan fingerprint density at radius 3 is 2.50 bits per heavy atom. The molecule has 4 rings (SSSR count). The van der Waals surface area contributed by atoms with Gasteiger partial charge in [0.25, 0.3) is 0 Å². The molecule has 7 nitrogen and oxygen atoms in total. The van der Waals surface area contributed by atoms with Crippen molar-refractivity contribution in [1.82, 2.24) is 0 Å². The minimum Gasteiger partial charge on any atom is -0.497 e. The monoisotopic (exact) mass is 436 g/mol. The summed E-state index contributed by atoms with van der Waals surface area (Å²) in [7, 11) is 1.61. The second-order valence-electron chi connectivity index (χ2n) is 7.62. The Morgan fingerprint density at radius 2 is 1.83 bits per heavy atom. The maximum absolute atomic E-state index is 10.6. The third-order valence-corrected chi connectivity index (χ3v) is 6.20. The van der Waals surface area contributed by atoms with Crippen LogP contribution in [0, 0.1) is 0 Å². The summed E-state index contributed by atoms with van der Waals surface area (Å²) in [6, 6.07) is 9.47. The predicted octanol–water partition coefficient (Wildman–Crippen LogP) is 1.39. The first kappa shape index (κ1) is 21.4. The van der Waals surface area contributed by atoms with E-state index in [1.54, 1.807) is 7.11 Å². The summed E-state index contributed by atoms with van der Waals surface area (Å²) in [5.74, 6) is 1.30. The summed E-state index contributed by atoms with van der Waals surface area (Å²) in [5, 5.41) is 41.0. The Labute approximate surface area is 179 Å². The first-order valence-corrected chi connectivity index (χ1v) is 10.2. The zero-order valence-electron chi connectivity index (χ0n) is 16.5. The molecule has 2 aliphatic heterocycles. The molecule has 0 spiro atoms. The summed E-state index contributed by atoms with van der Waals surface area (Å²) in [5.41, 5.74) is 3.25. The van der Waals surface area contributed by atoms with E-state index in [0.717, 1.165) is 22.4 Å². The molecule has 5 atom stereocenters. The van der Waals surface area contributed by atoms with Crippen molar-refractivity contribution in [2.75, 3.05) is 20.3 Å². The summed E-state index contributed by atoms with van der Waals surface area (Å²) in [4.78, 5) is 0. The zero-order chi connectivity index (χ0) is 21.4. The number of halogens is 1. The van der Waals surface area contributed by atoms with Gasteiger partial charge in [-0.15, -0.1) is 0 Å². The molecule has 2 aromatic carbocycles. The van der Waals surface area contributed by atoms with Crippen molar-refractivity contribution in [1.29, 1.82) is 0 Å². The lowest BCUT2D eigenvalue weighted by Crippen LogP contribution is -2.55. The van der Waals surface area contributed by atoms with Gasteiger partial charge in [-0.05, 0) is 35.2 Å². The van der Waals surface area contributed by atoms with Crippen molar-refractivity contribution < 1.29 is 34.6 Å². The van der Waals surface area contributed by atoms with E-state index in [1.807, 2.05) is 30.3 Å². The largest absolute Gasteiger partial charge is 0.497 e. The smallest absolute Gasteiger partial charge is 0.141 e. The maximum atomic E-state index is 10.6. The first-order valence-electron chi connectivity index (χ1n) is 9.85. The Balaban J connectivity index is 1.73. The van der Waals surface area contributed by atoms with Crippen LogP contribution in [-0.2, 0) is 17.6 Å². The summed E-state index contributed by atoms with van der Waals surface area (Å²) < 4.78 is 16.8. The number of aliphatic hydroxyl groups is 4. The molecule has 2 aliphatic rings. The van der Waals surface area contributed by atoms with Crippen molar-refractivity contribution in [2.45, 2.75) is 43.4 Å². The third-order valence-electron chi connectivity index (χ3n) is 5.78. The molecule has 0 saturated carbocycles. The first-order chi connectivity index (χ1) is 14.4. The van der Waals surface area contributed by atoms with E-state index < -0.39 is 37.1 Å². The molecule has 30 heavy (non-hydrogen) atoms. The molecule has 0 radical (unpaired) electrons. The summed E-state index contributed by atoms with van der Waals surface area (Å²) in [6.07, 6.45) is -5.01. The van der Waals surface area contributed by atoms with Crippen LogP contribution >= 0.6 is 11.6 Å². The lowest BCUT2D eigenvalue weighted by atomic mass is 9.87. The number of benzene rings is 2. The van der Waals surface area contributed by atoms with E-state index >= 15 is 0 Å². The van der Waals surface area contributed by atoms with Crippen molar-refractivity contribution in [3.63, 3.8) is 0 Å². The van der Waals surface area contributed by atoms with Gasteiger partial charge in [-0.1, -0.05) is 29.8 Å². The van der Waals surface area contributed by atoms with E-state index in [9.17, 15) is 20.4 Å². The van der Waals surface area contributed by atoms with Crippen molar-refractivity contribution in [3.8, 4) is 11.5 Å². The van der Waals surface area contributed by atoms with E-state index in [1.165, 1.54) is 0 Å². The van der Waals surface area contributed by atoms with Gasteiger partial charge in [0.1, 0.15) is 42.0 Å². The fourth-order valence-electron chi connectivity index (χ4n) is 4.12. The van der Waals surface area contributed by atoms with Crippen LogP contribution < -0.4 is 9.47 Å². The van der Waals surface area contributed by atoms with Crippen LogP contribution in [0.25, 0.3) is 0 Å². The van der Waals surface area contributed by atoms with E-state index in [-0.39, 0.29) is 0 Å². The Hall–Kier alpha value is -1.87. The number of ether oxygens (including phenoxy) is 3. The number of fused-ring (bicyclic) bond motifs is 1. The van der Waals surface area contributed by atoms with E-state index in [4.69, 9.17) is 25.8 Å². The van der Waals surface area contributed by atoms with Crippen molar-refractivity contribution in [3.05, 3.63) is 57.6 Å². The number of hydrogen-bond acceptors (Lipinski definition) is 7. The standard InChI is InChI=1S/C22H25ClO7/c1-28-13-4-2-11(3-5-13)8-12-9-15(14-6-7-29-21(14)17(12)23)22-20(27)19(26)18(25)16(10-24)30-22/h2-5,9,16,18-20,22,24-27H,6-8,10H2,1H3/t16-,18?,19+,20-,22+/m1/s1. The highest BCUT2D eigenvalue weighted by molar-refractivity contribution is 6.33. The quantitative estimate of drug-likeness (QED) is 0.561. The average molecular weight is 437 g/mol. The van der Waals surface area contributed by atoms with Crippen LogP contribution in [0.1, 0.15) is 28.4 Å². The molecule has 1 saturated heterocycles. The van der Waals surface area contributed by atoms with Gasteiger partial charge < -0.3 is 34.6 Å². The molecule has 0 aliphatic carbocycles. The number of methoxy groups -OCH3 is 1. The Bertz CT molecular complexity index is 899. The Morgan fingerprint density at radius 1 is 1.10 bits per heavy atom. The van der Waals surface area contributed by atoms with Crippen LogP contribution in [0.2, 0.25) is 5.02 Å². The topological polar surface area (TPSA) is 109 Å². The van der Waals surface area contributed by atoms with Crippen LogP contribution in [0.3, 0.4) is 0 Å². The molecular formula is C22H25ClO7. The highest BCUT2D eigenvalue weighted by atomic mass is 35.5. The van der Waals surface area contributed by atoms with Crippen molar-refractivity contribution in [2.24, 2.45) is 0 Å². The predicted molar refractivity (Wildman–Crippen MR) is 109 cm³/mol. The molecule has 0 bridgehead atoms. The molecule has 162 valence electrons. The number of rotatable bonds is 5. The molecule has 8 heteroatoms. The minimum absolute atomic E-state index is 0.450. The second kappa shape index (κ2) is 8.70. The van der Waals surface area contributed by atoms with Gasteiger partial charge >= 0.3 is 0 Å². The Kier molecular flexibility index (Phi) is 6.20. The molecule has 1 unspecified atom stereocenters. The fraction of sp³-hybridized carbons (Fsp3) is 0.455. The summed E-state index contributed by atoms with van der Waals surface area (Å²) in [6.45, 7) is -0.0299. The van der Waals surface area contributed by atoms with E-state index in [0.29, 0.717) is 35.8 Å². The molecule has 1 fully saturated rings. The molecule has 0 aromatic heterocycles. The second-order valence-corrected chi connectivity index (χ2v) is 8.00. The average Bonchev–Trinajstić information content (AvgIpc) is 3.26. The van der Waals surface area contributed by atoms with Gasteiger partial charge in [0, 0.05) is 12.0 Å². The van der Waals surface area contributed by atoms with Crippen LogP contribution in [0.15, 0.2) is 30.3 Å². The third kappa shape index (κ3) is 3.77. The normalized spacial score (nSPS) is 28.1. The van der Waals surface area contributed by atoms with Gasteiger partial charge in [-0.3, -0.25) is 0 Å². The highest BCUT2D eigenvalue weighted by Crippen LogP contribution is 2.44. The molecule has 4 N–H and O–H groups in total. The van der Waals surface area contributed by atoms with Gasteiger partial charge in [0.15, 0.2) is 0 Å². The fourth-order valence-corrected chi connectivity index (χ4v) is 4.41. The van der Waals surface area contributed by atoms with Gasteiger partial charge in [0.2, 0.25) is 0 Å². The molecular weight excluding hydrogens is 412 g/mol. The zero-order valence-corrected chi connectivity index (χ0v) is 17.2. The minimum atomic E-state index is -1.44. The molecule has 2 aromatic rings. The van der Waals surface area contributed by atoms with Crippen LogP contribution in [0.4, 0.5) is 0 Å². The highest BCUT2D eigenvalue weighted by Gasteiger charge is 2.45. The van der Waals surface area contributed by atoms with Gasteiger partial charge in [0.05, 0.1) is 25.3 Å². The molecule has 2 heterocycles. The van der Waals surface area contributed by atoms with Crippen LogP contribution in [0.5, 0.6) is 11.5 Å². The van der Waals surface area contributed by atoms with Gasteiger partial charge in [-0.2, -0.15) is 0 Å². The van der Waals surface area contributed by atoms with Gasteiger partial charge in [-0.25, -0.2) is 0 Å². The SMILES string of the molecule is COc1ccc(Cc2cc([C@@H]3O[C@H](CO)C(O)[C@H](O)[C@H]3O)c3c(c2Cl)OCC3)cc1. The summed E-state index contributed by atoms with van der Waals surface area (Å²) >= 11 is 6.64. The number of aliphatic hydroxyl groups excluding tert-OH is 4. The maximum Gasteiger partial charge on any atom is 0.141 e. The van der Waals surface area contributed by atoms with E-state index in [2.05, 4.69) is 0 Å². The lowest BCUT2D eigenvalue weighted by molar-refractivity contribution is -0.231. The lowest BCUT2D eigenvalue weighted by Gasteiger charge is -2.40. The van der Waals surface area contributed by atoms with Crippen LogP contribution in [-0.4, -0.2) is 65.2 Å². The van der Waals surface area contributed by atoms with Crippen molar-refractivity contribution >= 4 is 11.6 Å².